The van der Waals surface area contributed by atoms with Gasteiger partial charge >= 0.3 is 0 Å². The van der Waals surface area contributed by atoms with Gasteiger partial charge in [-0.2, -0.15) is 0 Å². The molecule has 1 aliphatic rings. The third-order valence-corrected chi connectivity index (χ3v) is 2.35. The first kappa shape index (κ1) is 8.02. The standard InChI is InChI=1S/C8H18N2/c1-3-10-6-4-5-8(10)7-9-2/h8-9H,3-7H2,1-2H3. The highest BCUT2D eigenvalue weighted by Gasteiger charge is 2.21. The summed E-state index contributed by atoms with van der Waals surface area (Å²) in [6, 6.07) is 0.815. The predicted molar refractivity (Wildman–Crippen MR) is 44.2 cm³/mol. The van der Waals surface area contributed by atoms with Crippen LogP contribution in [-0.2, 0) is 0 Å². The van der Waals surface area contributed by atoms with E-state index in [1.54, 1.807) is 0 Å². The van der Waals surface area contributed by atoms with E-state index in [4.69, 9.17) is 0 Å². The molecular formula is C8H18N2. The highest BCUT2D eigenvalue weighted by Crippen LogP contribution is 2.14. The molecule has 0 bridgehead atoms. The van der Waals surface area contributed by atoms with Gasteiger partial charge in [-0.3, -0.25) is 4.90 Å². The number of rotatable bonds is 3. The largest absolute Gasteiger partial charge is 0.318 e. The highest BCUT2D eigenvalue weighted by molar-refractivity contribution is 4.79. The molecule has 1 atom stereocenters. The summed E-state index contributed by atoms with van der Waals surface area (Å²) in [5, 5.41) is 3.23. The average molecular weight is 142 g/mol. The van der Waals surface area contributed by atoms with Crippen molar-refractivity contribution in [2.45, 2.75) is 25.8 Å². The van der Waals surface area contributed by atoms with Crippen LogP contribution in [0, 0.1) is 0 Å². The van der Waals surface area contributed by atoms with Crippen LogP contribution in [0.25, 0.3) is 0 Å². The van der Waals surface area contributed by atoms with Gasteiger partial charge in [0.1, 0.15) is 0 Å². The van der Waals surface area contributed by atoms with Gasteiger partial charge < -0.3 is 5.32 Å². The van der Waals surface area contributed by atoms with Crippen LogP contribution >= 0.6 is 0 Å². The molecule has 1 unspecified atom stereocenters. The molecule has 0 spiro atoms. The Kier molecular flexibility index (Phi) is 3.16. The second kappa shape index (κ2) is 3.94. The maximum Gasteiger partial charge on any atom is 0.0220 e. The van der Waals surface area contributed by atoms with Crippen molar-refractivity contribution < 1.29 is 0 Å². The minimum Gasteiger partial charge on any atom is -0.318 e. The molecule has 0 saturated carbocycles. The van der Waals surface area contributed by atoms with Gasteiger partial charge in [-0.25, -0.2) is 0 Å². The molecule has 0 aliphatic carbocycles. The zero-order chi connectivity index (χ0) is 7.40. The fourth-order valence-corrected chi connectivity index (χ4v) is 1.78. The summed E-state index contributed by atoms with van der Waals surface area (Å²) in [5.41, 5.74) is 0. The summed E-state index contributed by atoms with van der Waals surface area (Å²) in [7, 11) is 2.03. The van der Waals surface area contributed by atoms with Crippen LogP contribution in [0.5, 0.6) is 0 Å². The molecule has 1 rings (SSSR count). The van der Waals surface area contributed by atoms with E-state index in [0.29, 0.717) is 0 Å². The Bertz CT molecular complexity index is 93.3. The number of hydrogen-bond acceptors (Lipinski definition) is 2. The van der Waals surface area contributed by atoms with E-state index in [-0.39, 0.29) is 0 Å². The minimum absolute atomic E-state index is 0.815. The lowest BCUT2D eigenvalue weighted by atomic mass is 10.2. The van der Waals surface area contributed by atoms with Crippen molar-refractivity contribution in [3.63, 3.8) is 0 Å². The summed E-state index contributed by atoms with van der Waals surface area (Å²) in [5.74, 6) is 0. The van der Waals surface area contributed by atoms with E-state index in [2.05, 4.69) is 17.1 Å². The van der Waals surface area contributed by atoms with Gasteiger partial charge in [0.05, 0.1) is 0 Å². The van der Waals surface area contributed by atoms with Crippen LogP contribution in [0.4, 0.5) is 0 Å². The lowest BCUT2D eigenvalue weighted by molar-refractivity contribution is 0.264. The predicted octanol–water partition coefficient (Wildman–Crippen LogP) is 0.690. The van der Waals surface area contributed by atoms with Gasteiger partial charge in [0.15, 0.2) is 0 Å². The van der Waals surface area contributed by atoms with Gasteiger partial charge in [0.2, 0.25) is 0 Å². The van der Waals surface area contributed by atoms with Crippen molar-refractivity contribution in [3.05, 3.63) is 0 Å². The average Bonchev–Trinajstić information content (AvgIpc) is 2.36. The fourth-order valence-electron chi connectivity index (χ4n) is 1.78. The monoisotopic (exact) mass is 142 g/mol. The molecule has 0 aromatic heterocycles. The molecule has 1 N–H and O–H groups in total. The second-order valence-corrected chi connectivity index (χ2v) is 2.98. The first-order valence-electron chi connectivity index (χ1n) is 4.27. The zero-order valence-corrected chi connectivity index (χ0v) is 7.06. The third-order valence-electron chi connectivity index (χ3n) is 2.35. The molecule has 2 nitrogen and oxygen atoms in total. The van der Waals surface area contributed by atoms with Gasteiger partial charge in [-0.05, 0) is 33.0 Å². The van der Waals surface area contributed by atoms with E-state index in [9.17, 15) is 0 Å². The molecule has 0 amide bonds. The Balaban J connectivity index is 2.27. The summed E-state index contributed by atoms with van der Waals surface area (Å²) in [4.78, 5) is 2.55. The van der Waals surface area contributed by atoms with Crippen molar-refractivity contribution in [2.75, 3.05) is 26.7 Å². The molecule has 10 heavy (non-hydrogen) atoms. The van der Waals surface area contributed by atoms with Gasteiger partial charge in [0, 0.05) is 12.6 Å². The number of likely N-dealkylation sites (N-methyl/N-ethyl adjacent to an activating group) is 2. The summed E-state index contributed by atoms with van der Waals surface area (Å²) < 4.78 is 0. The van der Waals surface area contributed by atoms with Crippen LogP contribution < -0.4 is 5.32 Å². The maximum absolute atomic E-state index is 3.23. The third kappa shape index (κ3) is 1.70. The van der Waals surface area contributed by atoms with Crippen LogP contribution in [0.15, 0.2) is 0 Å². The Morgan fingerprint density at radius 3 is 3.00 bits per heavy atom. The van der Waals surface area contributed by atoms with E-state index in [1.165, 1.54) is 25.9 Å². The van der Waals surface area contributed by atoms with Crippen molar-refractivity contribution in [3.8, 4) is 0 Å². The number of nitrogens with zero attached hydrogens (tertiary/aromatic N) is 1. The molecule has 0 aromatic carbocycles. The van der Waals surface area contributed by atoms with Gasteiger partial charge in [-0.1, -0.05) is 6.92 Å². The van der Waals surface area contributed by atoms with Crippen molar-refractivity contribution in [1.29, 1.82) is 0 Å². The zero-order valence-electron chi connectivity index (χ0n) is 7.06. The fraction of sp³-hybridized carbons (Fsp3) is 1.00. The summed E-state index contributed by atoms with van der Waals surface area (Å²) in [6.07, 6.45) is 2.77. The molecular weight excluding hydrogens is 124 g/mol. The first-order valence-corrected chi connectivity index (χ1v) is 4.27. The molecule has 2 heteroatoms. The quantitative estimate of drug-likeness (QED) is 0.623. The smallest absolute Gasteiger partial charge is 0.0220 e. The SMILES string of the molecule is CCN1CCCC1CNC. The summed E-state index contributed by atoms with van der Waals surface area (Å²) in [6.45, 7) is 5.93. The van der Waals surface area contributed by atoms with E-state index in [1.807, 2.05) is 7.05 Å². The first-order chi connectivity index (χ1) is 4.88. The number of hydrogen-bond donors (Lipinski definition) is 1. The lowest BCUT2D eigenvalue weighted by Gasteiger charge is -2.21. The normalized spacial score (nSPS) is 27.6. The molecule has 1 fully saturated rings. The second-order valence-electron chi connectivity index (χ2n) is 2.98. The van der Waals surface area contributed by atoms with Crippen molar-refractivity contribution >= 4 is 0 Å². The maximum atomic E-state index is 3.23. The van der Waals surface area contributed by atoms with Gasteiger partial charge in [0.25, 0.3) is 0 Å². The molecule has 60 valence electrons. The van der Waals surface area contributed by atoms with Crippen molar-refractivity contribution in [2.24, 2.45) is 0 Å². The van der Waals surface area contributed by atoms with Crippen LogP contribution in [0.3, 0.4) is 0 Å². The molecule has 1 aliphatic heterocycles. The molecule has 0 radical (unpaired) electrons. The lowest BCUT2D eigenvalue weighted by Crippen LogP contribution is -2.36. The van der Waals surface area contributed by atoms with Crippen LogP contribution in [0.2, 0.25) is 0 Å². The van der Waals surface area contributed by atoms with Crippen LogP contribution in [-0.4, -0.2) is 37.6 Å². The highest BCUT2D eigenvalue weighted by atomic mass is 15.2. The Morgan fingerprint density at radius 2 is 2.40 bits per heavy atom. The number of nitrogens with one attached hydrogen (secondary N) is 1. The van der Waals surface area contributed by atoms with E-state index in [0.717, 1.165) is 12.6 Å². The van der Waals surface area contributed by atoms with E-state index < -0.39 is 0 Å². The molecule has 1 heterocycles. The molecule has 1 saturated heterocycles. The van der Waals surface area contributed by atoms with Crippen molar-refractivity contribution in [1.82, 2.24) is 10.2 Å². The minimum atomic E-state index is 0.815. The Morgan fingerprint density at radius 1 is 1.60 bits per heavy atom. The Labute approximate surface area is 63.6 Å². The summed E-state index contributed by atoms with van der Waals surface area (Å²) >= 11 is 0. The van der Waals surface area contributed by atoms with Gasteiger partial charge in [-0.15, -0.1) is 0 Å². The molecule has 0 aromatic rings. The topological polar surface area (TPSA) is 15.3 Å². The Hall–Kier alpha value is -0.0800. The van der Waals surface area contributed by atoms with E-state index >= 15 is 0 Å². The number of likely N-dealkylation sites (tertiary alicyclic amines) is 1. The van der Waals surface area contributed by atoms with Crippen LogP contribution in [0.1, 0.15) is 19.8 Å².